The number of nitrogens with one attached hydrogen (secondary N) is 1. The van der Waals surface area contributed by atoms with E-state index in [-0.39, 0.29) is 18.2 Å². The molecule has 124 valence electrons. The Labute approximate surface area is 146 Å². The third-order valence-electron chi connectivity index (χ3n) is 4.28. The van der Waals surface area contributed by atoms with E-state index in [0.29, 0.717) is 0 Å². The Balaban J connectivity index is 1.67. The molecular formula is C17H21Cl2N3O. The van der Waals surface area contributed by atoms with Gasteiger partial charge < -0.3 is 14.6 Å². The fraction of sp³-hybridized carbons (Fsp3) is 0.471. The van der Waals surface area contributed by atoms with E-state index >= 15 is 0 Å². The smallest absolute Gasteiger partial charge is 0.139 e. The standard InChI is InChI=1S/C17H21Cl2N3O/c1-11(10-12-13(18)4-3-5-14(12)19)21-15-6-9-23-16(15)17-20-7-8-22(17)2/h3-5,7-8,11,15-16,21H,6,9-10H2,1-2H3/t11?,15-,16-/m0/s1. The van der Waals surface area contributed by atoms with Gasteiger partial charge >= 0.3 is 0 Å². The van der Waals surface area contributed by atoms with Crippen LogP contribution in [0.25, 0.3) is 0 Å². The highest BCUT2D eigenvalue weighted by Gasteiger charge is 2.33. The molecule has 3 rings (SSSR count). The molecule has 2 aromatic rings. The molecular weight excluding hydrogens is 333 g/mol. The van der Waals surface area contributed by atoms with E-state index in [2.05, 4.69) is 17.2 Å². The van der Waals surface area contributed by atoms with Crippen LogP contribution in [0.2, 0.25) is 10.0 Å². The molecule has 0 bridgehead atoms. The summed E-state index contributed by atoms with van der Waals surface area (Å²) in [5, 5.41) is 5.09. The number of imidazole rings is 1. The van der Waals surface area contributed by atoms with Crippen molar-refractivity contribution >= 4 is 23.2 Å². The number of hydrogen-bond donors (Lipinski definition) is 1. The molecule has 1 aromatic carbocycles. The first kappa shape index (κ1) is 16.8. The van der Waals surface area contributed by atoms with Crippen LogP contribution in [0.4, 0.5) is 0 Å². The van der Waals surface area contributed by atoms with Crippen molar-refractivity contribution in [3.63, 3.8) is 0 Å². The molecule has 6 heteroatoms. The number of aryl methyl sites for hydroxylation is 1. The zero-order valence-electron chi connectivity index (χ0n) is 13.3. The predicted octanol–water partition coefficient (Wildman–Crippen LogP) is 3.78. The zero-order valence-corrected chi connectivity index (χ0v) is 14.8. The maximum atomic E-state index is 6.27. The molecule has 0 aliphatic carbocycles. The summed E-state index contributed by atoms with van der Waals surface area (Å²) in [5.74, 6) is 0.961. The lowest BCUT2D eigenvalue weighted by molar-refractivity contribution is 0.0876. The van der Waals surface area contributed by atoms with E-state index in [0.717, 1.165) is 40.9 Å². The van der Waals surface area contributed by atoms with Gasteiger partial charge in [-0.1, -0.05) is 29.3 Å². The van der Waals surface area contributed by atoms with Gasteiger partial charge in [-0.25, -0.2) is 4.98 Å². The Morgan fingerprint density at radius 1 is 1.39 bits per heavy atom. The summed E-state index contributed by atoms with van der Waals surface area (Å²) >= 11 is 12.5. The summed E-state index contributed by atoms with van der Waals surface area (Å²) in [6.45, 7) is 2.89. The zero-order chi connectivity index (χ0) is 16.4. The molecule has 2 heterocycles. The van der Waals surface area contributed by atoms with Crippen LogP contribution in [0.5, 0.6) is 0 Å². The molecule has 1 N–H and O–H groups in total. The molecule has 0 amide bonds. The number of rotatable bonds is 5. The second-order valence-electron chi connectivity index (χ2n) is 6.05. The van der Waals surface area contributed by atoms with Crippen molar-refractivity contribution in [2.75, 3.05) is 6.61 Å². The van der Waals surface area contributed by atoms with E-state index in [1.807, 2.05) is 36.0 Å². The van der Waals surface area contributed by atoms with Gasteiger partial charge in [0.2, 0.25) is 0 Å². The van der Waals surface area contributed by atoms with Gasteiger partial charge in [0.25, 0.3) is 0 Å². The molecule has 1 aliphatic heterocycles. The van der Waals surface area contributed by atoms with Crippen molar-refractivity contribution in [3.8, 4) is 0 Å². The third-order valence-corrected chi connectivity index (χ3v) is 4.98. The number of ether oxygens (including phenoxy) is 1. The number of halogens is 2. The van der Waals surface area contributed by atoms with E-state index in [9.17, 15) is 0 Å². The summed E-state index contributed by atoms with van der Waals surface area (Å²) in [6, 6.07) is 6.11. The van der Waals surface area contributed by atoms with Gasteiger partial charge in [0, 0.05) is 48.2 Å². The fourth-order valence-corrected chi connectivity index (χ4v) is 3.68. The minimum absolute atomic E-state index is 0.0147. The Morgan fingerprint density at radius 2 is 2.13 bits per heavy atom. The van der Waals surface area contributed by atoms with Crippen molar-refractivity contribution in [1.82, 2.24) is 14.9 Å². The molecule has 0 radical (unpaired) electrons. The number of aromatic nitrogens is 2. The van der Waals surface area contributed by atoms with Crippen LogP contribution in [-0.2, 0) is 18.2 Å². The largest absolute Gasteiger partial charge is 0.369 e. The quantitative estimate of drug-likeness (QED) is 0.888. The van der Waals surface area contributed by atoms with Gasteiger partial charge in [0.15, 0.2) is 0 Å². The molecule has 1 aromatic heterocycles. The maximum Gasteiger partial charge on any atom is 0.139 e. The average Bonchev–Trinajstić information content (AvgIpc) is 3.11. The molecule has 4 nitrogen and oxygen atoms in total. The number of nitrogens with zero attached hydrogens (tertiary/aromatic N) is 2. The Kier molecular flexibility index (Phi) is 5.27. The van der Waals surface area contributed by atoms with Crippen LogP contribution in [0.15, 0.2) is 30.6 Å². The molecule has 3 atom stereocenters. The van der Waals surface area contributed by atoms with E-state index in [1.165, 1.54) is 0 Å². The summed E-state index contributed by atoms with van der Waals surface area (Å²) < 4.78 is 7.91. The van der Waals surface area contributed by atoms with Crippen LogP contribution >= 0.6 is 23.2 Å². The van der Waals surface area contributed by atoms with Crippen molar-refractivity contribution in [2.24, 2.45) is 7.05 Å². The van der Waals surface area contributed by atoms with Crippen molar-refractivity contribution in [1.29, 1.82) is 0 Å². The minimum Gasteiger partial charge on any atom is -0.369 e. The first-order valence-corrected chi connectivity index (χ1v) is 8.59. The van der Waals surface area contributed by atoms with Crippen LogP contribution in [0.1, 0.15) is 30.8 Å². The average molecular weight is 354 g/mol. The highest BCUT2D eigenvalue weighted by molar-refractivity contribution is 6.36. The van der Waals surface area contributed by atoms with Gasteiger partial charge in [0.05, 0.1) is 0 Å². The van der Waals surface area contributed by atoms with Crippen LogP contribution in [0, 0.1) is 0 Å². The Hall–Kier alpha value is -1.07. The number of hydrogen-bond acceptors (Lipinski definition) is 3. The van der Waals surface area contributed by atoms with Gasteiger partial charge in [0.1, 0.15) is 11.9 Å². The molecule has 0 spiro atoms. The van der Waals surface area contributed by atoms with Gasteiger partial charge in [-0.05, 0) is 37.5 Å². The summed E-state index contributed by atoms with van der Waals surface area (Å²) in [6.07, 6.45) is 5.49. The number of benzene rings is 1. The van der Waals surface area contributed by atoms with E-state index < -0.39 is 0 Å². The third kappa shape index (κ3) is 3.72. The Bertz CT molecular complexity index is 653. The lowest BCUT2D eigenvalue weighted by atomic mass is 10.0. The van der Waals surface area contributed by atoms with Gasteiger partial charge in [-0.2, -0.15) is 0 Å². The minimum atomic E-state index is -0.0147. The molecule has 1 unspecified atom stereocenters. The van der Waals surface area contributed by atoms with Gasteiger partial charge in [-0.3, -0.25) is 0 Å². The van der Waals surface area contributed by atoms with Crippen LogP contribution in [0.3, 0.4) is 0 Å². The highest BCUT2D eigenvalue weighted by Crippen LogP contribution is 2.29. The van der Waals surface area contributed by atoms with E-state index in [4.69, 9.17) is 27.9 Å². The van der Waals surface area contributed by atoms with Crippen LogP contribution in [-0.4, -0.2) is 28.2 Å². The molecule has 1 aliphatic rings. The topological polar surface area (TPSA) is 39.1 Å². The SMILES string of the molecule is CC(Cc1c(Cl)cccc1Cl)N[C@H]1CCO[C@@H]1c1nccn1C. The monoisotopic (exact) mass is 353 g/mol. The summed E-state index contributed by atoms with van der Waals surface area (Å²) in [4.78, 5) is 4.42. The lowest BCUT2D eigenvalue weighted by Crippen LogP contribution is -2.40. The molecule has 1 saturated heterocycles. The van der Waals surface area contributed by atoms with Crippen molar-refractivity contribution in [2.45, 2.75) is 38.0 Å². The lowest BCUT2D eigenvalue weighted by Gasteiger charge is -2.24. The molecule has 1 fully saturated rings. The fourth-order valence-electron chi connectivity index (χ4n) is 3.12. The van der Waals surface area contributed by atoms with E-state index in [1.54, 1.807) is 6.20 Å². The van der Waals surface area contributed by atoms with Gasteiger partial charge in [-0.15, -0.1) is 0 Å². The van der Waals surface area contributed by atoms with Crippen LogP contribution < -0.4 is 5.32 Å². The predicted molar refractivity (Wildman–Crippen MR) is 93.1 cm³/mol. The molecule has 0 saturated carbocycles. The first-order chi connectivity index (χ1) is 11.1. The van der Waals surface area contributed by atoms with Crippen molar-refractivity contribution in [3.05, 3.63) is 52.0 Å². The maximum absolute atomic E-state index is 6.27. The summed E-state index contributed by atoms with van der Waals surface area (Å²) in [5.41, 5.74) is 0.989. The highest BCUT2D eigenvalue weighted by atomic mass is 35.5. The normalized spacial score (nSPS) is 22.4. The van der Waals surface area contributed by atoms with Crippen molar-refractivity contribution < 1.29 is 4.74 Å². The first-order valence-electron chi connectivity index (χ1n) is 7.84. The summed E-state index contributed by atoms with van der Waals surface area (Å²) in [7, 11) is 1.99. The Morgan fingerprint density at radius 3 is 2.78 bits per heavy atom. The molecule has 23 heavy (non-hydrogen) atoms. The second kappa shape index (κ2) is 7.22. The second-order valence-corrected chi connectivity index (χ2v) is 6.87.